The highest BCUT2D eigenvalue weighted by Crippen LogP contribution is 2.35. The van der Waals surface area contributed by atoms with Crippen LogP contribution in [0.4, 0.5) is 34.8 Å². The van der Waals surface area contributed by atoms with Gasteiger partial charge in [0.15, 0.2) is 5.13 Å². The molecular formula is C22H27F3N8S2. The van der Waals surface area contributed by atoms with Crippen molar-refractivity contribution in [3.05, 3.63) is 40.3 Å². The number of halogens is 3. The van der Waals surface area contributed by atoms with E-state index >= 15 is 0 Å². The lowest BCUT2D eigenvalue weighted by Gasteiger charge is -2.34. The number of alkyl halides is 3. The smallest absolute Gasteiger partial charge is 0.375 e. The Morgan fingerprint density at radius 3 is 2.31 bits per heavy atom. The largest absolute Gasteiger partial charge is 0.445 e. The van der Waals surface area contributed by atoms with E-state index in [2.05, 4.69) is 61.1 Å². The van der Waals surface area contributed by atoms with Crippen molar-refractivity contribution < 1.29 is 13.2 Å². The molecule has 8 nitrogen and oxygen atoms in total. The van der Waals surface area contributed by atoms with Crippen molar-refractivity contribution in [3.8, 4) is 0 Å². The Bertz CT molecular complexity index is 1120. The second kappa shape index (κ2) is 10.2. The fraction of sp³-hybridized carbons (Fsp3) is 0.500. The van der Waals surface area contributed by atoms with Crippen molar-refractivity contribution in [3.63, 3.8) is 0 Å². The second-order valence-corrected chi connectivity index (χ2v) is 10.3. The number of piperazine rings is 2. The molecule has 0 aliphatic carbocycles. The van der Waals surface area contributed by atoms with Crippen LogP contribution in [-0.2, 0) is 6.18 Å². The van der Waals surface area contributed by atoms with Crippen molar-refractivity contribution in [2.45, 2.75) is 19.1 Å². The van der Waals surface area contributed by atoms with E-state index in [1.165, 1.54) is 5.69 Å². The molecule has 3 aromatic rings. The van der Waals surface area contributed by atoms with Gasteiger partial charge in [-0.25, -0.2) is 4.98 Å². The number of thiazole rings is 1. The van der Waals surface area contributed by atoms with Gasteiger partial charge < -0.3 is 25.3 Å². The van der Waals surface area contributed by atoms with Crippen molar-refractivity contribution in [2.75, 3.05) is 72.4 Å². The molecule has 2 aromatic heterocycles. The molecule has 35 heavy (non-hydrogen) atoms. The van der Waals surface area contributed by atoms with Gasteiger partial charge in [-0.3, -0.25) is 0 Å². The fourth-order valence-corrected chi connectivity index (χ4v) is 5.99. The van der Waals surface area contributed by atoms with Crippen LogP contribution in [0.3, 0.4) is 0 Å². The summed E-state index contributed by atoms with van der Waals surface area (Å²) in [6.07, 6.45) is -4.45. The molecule has 5 rings (SSSR count). The number of anilines is 4. The van der Waals surface area contributed by atoms with Gasteiger partial charge in [0.1, 0.15) is 0 Å². The maximum absolute atomic E-state index is 12.8. The van der Waals surface area contributed by atoms with Gasteiger partial charge in [-0.15, -0.1) is 21.5 Å². The number of hydrogen-bond acceptors (Lipinski definition) is 10. The molecule has 2 saturated heterocycles. The molecule has 4 heterocycles. The lowest BCUT2D eigenvalue weighted by atomic mass is 10.2. The maximum Gasteiger partial charge on any atom is 0.445 e. The van der Waals surface area contributed by atoms with Crippen LogP contribution in [0.25, 0.3) is 0 Å². The highest BCUT2D eigenvalue weighted by Gasteiger charge is 2.36. The van der Waals surface area contributed by atoms with E-state index in [0.717, 1.165) is 42.7 Å². The fourth-order valence-electron chi connectivity index (χ4n) is 4.25. The van der Waals surface area contributed by atoms with E-state index in [-0.39, 0.29) is 6.04 Å². The van der Waals surface area contributed by atoms with Crippen molar-refractivity contribution in [1.82, 2.24) is 20.5 Å². The monoisotopic (exact) mass is 524 g/mol. The second-order valence-electron chi connectivity index (χ2n) is 8.54. The number of rotatable bonds is 6. The third kappa shape index (κ3) is 5.46. The summed E-state index contributed by atoms with van der Waals surface area (Å²) in [5.74, 6) is 0. The van der Waals surface area contributed by atoms with Crippen molar-refractivity contribution in [2.24, 2.45) is 0 Å². The molecule has 2 fully saturated rings. The molecule has 2 aliphatic rings. The first-order chi connectivity index (χ1) is 16.9. The predicted molar refractivity (Wildman–Crippen MR) is 135 cm³/mol. The predicted octanol–water partition coefficient (Wildman–Crippen LogP) is 3.92. The van der Waals surface area contributed by atoms with Crippen LogP contribution < -0.4 is 25.3 Å². The Kier molecular flexibility index (Phi) is 6.98. The minimum atomic E-state index is -4.45. The van der Waals surface area contributed by atoms with Crippen LogP contribution in [0.5, 0.6) is 0 Å². The third-order valence-corrected chi connectivity index (χ3v) is 8.11. The summed E-state index contributed by atoms with van der Waals surface area (Å²) in [6.45, 7) is 8.52. The molecule has 1 unspecified atom stereocenters. The molecule has 1 aromatic carbocycles. The lowest BCUT2D eigenvalue weighted by Crippen LogP contribution is -2.46. The summed E-state index contributed by atoms with van der Waals surface area (Å²) in [6, 6.07) is 8.41. The minimum absolute atomic E-state index is 0.0348. The number of aromatic nitrogens is 3. The molecule has 0 saturated carbocycles. The van der Waals surface area contributed by atoms with Gasteiger partial charge in [0.2, 0.25) is 10.1 Å². The van der Waals surface area contributed by atoms with Crippen LogP contribution >= 0.6 is 22.7 Å². The van der Waals surface area contributed by atoms with E-state index in [0.29, 0.717) is 42.6 Å². The van der Waals surface area contributed by atoms with Gasteiger partial charge in [0.05, 0.1) is 23.1 Å². The Morgan fingerprint density at radius 2 is 1.63 bits per heavy atom. The number of nitrogens with zero attached hydrogens (tertiary/aromatic N) is 6. The van der Waals surface area contributed by atoms with Gasteiger partial charge in [-0.05, 0) is 19.1 Å². The average Bonchev–Trinajstić information content (AvgIpc) is 3.56. The first-order valence-electron chi connectivity index (χ1n) is 11.6. The quantitative estimate of drug-likeness (QED) is 0.503. The van der Waals surface area contributed by atoms with Crippen LogP contribution in [0.1, 0.15) is 23.7 Å². The van der Waals surface area contributed by atoms with Gasteiger partial charge in [-0.1, -0.05) is 23.5 Å². The van der Waals surface area contributed by atoms with Gasteiger partial charge in [0, 0.05) is 57.7 Å². The third-order valence-electron chi connectivity index (χ3n) is 6.16. The SMILES string of the molecule is CC(Nc1ccccc1N1CCNCC1)c1csc(N2CCN(c3nnc(C(F)(F)F)s3)CC2)n1. The molecule has 188 valence electrons. The molecule has 0 radical (unpaired) electrons. The summed E-state index contributed by atoms with van der Waals surface area (Å²) < 4.78 is 38.5. The van der Waals surface area contributed by atoms with E-state index in [4.69, 9.17) is 4.98 Å². The molecule has 0 amide bonds. The molecule has 13 heteroatoms. The summed E-state index contributed by atoms with van der Waals surface area (Å²) in [7, 11) is 0. The highest BCUT2D eigenvalue weighted by atomic mass is 32.1. The highest BCUT2D eigenvalue weighted by molar-refractivity contribution is 7.15. The standard InChI is InChI=1S/C22H27F3N8S2/c1-15(27-16-4-2-3-5-18(16)31-8-6-26-7-9-31)17-14-34-20(28-17)32-10-12-33(13-11-32)21-30-29-19(35-21)22(23,24)25/h2-5,14-15,26-27H,6-13H2,1H3. The Balaban J connectivity index is 1.20. The lowest BCUT2D eigenvalue weighted by molar-refractivity contribution is -0.138. The van der Waals surface area contributed by atoms with E-state index < -0.39 is 11.2 Å². The van der Waals surface area contributed by atoms with Crippen molar-refractivity contribution in [1.29, 1.82) is 0 Å². The first-order valence-corrected chi connectivity index (χ1v) is 13.3. The van der Waals surface area contributed by atoms with E-state index in [1.54, 1.807) is 11.3 Å². The van der Waals surface area contributed by atoms with Crippen molar-refractivity contribution >= 4 is 44.3 Å². The molecule has 1 atom stereocenters. The average molecular weight is 525 g/mol. The topological polar surface area (TPSA) is 72.5 Å². The van der Waals surface area contributed by atoms with Crippen LogP contribution in [0.15, 0.2) is 29.6 Å². The zero-order valence-corrected chi connectivity index (χ0v) is 20.9. The number of para-hydroxylation sites is 2. The molecular weight excluding hydrogens is 497 g/mol. The Hall–Kier alpha value is -2.64. The Morgan fingerprint density at radius 1 is 0.943 bits per heavy atom. The zero-order valence-electron chi connectivity index (χ0n) is 19.3. The maximum atomic E-state index is 12.8. The number of benzene rings is 1. The van der Waals surface area contributed by atoms with Crippen LogP contribution in [0, 0.1) is 0 Å². The zero-order chi connectivity index (χ0) is 24.4. The molecule has 0 bridgehead atoms. The van der Waals surface area contributed by atoms with Crippen LogP contribution in [-0.4, -0.2) is 67.5 Å². The summed E-state index contributed by atoms with van der Waals surface area (Å²) in [4.78, 5) is 11.3. The number of hydrogen-bond donors (Lipinski definition) is 2. The van der Waals surface area contributed by atoms with Gasteiger partial charge in [0.25, 0.3) is 0 Å². The molecule has 0 spiro atoms. The first kappa shape index (κ1) is 24.1. The van der Waals surface area contributed by atoms with Gasteiger partial charge >= 0.3 is 6.18 Å². The van der Waals surface area contributed by atoms with E-state index in [9.17, 15) is 13.2 Å². The van der Waals surface area contributed by atoms with E-state index in [1.807, 2.05) is 11.0 Å². The number of nitrogens with one attached hydrogen (secondary N) is 2. The minimum Gasteiger partial charge on any atom is -0.375 e. The molecule has 2 aliphatic heterocycles. The summed E-state index contributed by atoms with van der Waals surface area (Å²) in [5.41, 5.74) is 3.28. The summed E-state index contributed by atoms with van der Waals surface area (Å²) in [5, 5.41) is 16.5. The Labute approximate surface area is 209 Å². The van der Waals surface area contributed by atoms with Gasteiger partial charge in [-0.2, -0.15) is 13.2 Å². The normalized spacial score (nSPS) is 18.1. The van der Waals surface area contributed by atoms with Crippen LogP contribution in [0.2, 0.25) is 0 Å². The summed E-state index contributed by atoms with van der Waals surface area (Å²) >= 11 is 2.19. The molecule has 2 N–H and O–H groups in total.